The average Bonchev–Trinajstić information content (AvgIpc) is 3.04. The number of Topliss-reactive ketones (excluding diaryl/α,β-unsaturated/α-hetero) is 1. The van der Waals surface area contributed by atoms with Gasteiger partial charge >= 0.3 is 0 Å². The molecule has 4 nitrogen and oxygen atoms in total. The van der Waals surface area contributed by atoms with E-state index in [0.717, 1.165) is 10.9 Å². The fourth-order valence-corrected chi connectivity index (χ4v) is 2.93. The molecule has 22 heavy (non-hydrogen) atoms. The zero-order valence-electron chi connectivity index (χ0n) is 12.0. The molecule has 0 N–H and O–H groups in total. The number of hydrogen-bond acceptors (Lipinski definition) is 4. The van der Waals surface area contributed by atoms with Gasteiger partial charge in [-0.15, -0.1) is 0 Å². The molecule has 0 radical (unpaired) electrons. The third kappa shape index (κ3) is 1.84. The quantitative estimate of drug-likeness (QED) is 0.722. The maximum absolute atomic E-state index is 12.8. The van der Waals surface area contributed by atoms with Gasteiger partial charge in [-0.05, 0) is 23.8 Å². The van der Waals surface area contributed by atoms with Crippen molar-refractivity contribution < 1.29 is 18.7 Å². The van der Waals surface area contributed by atoms with Crippen molar-refractivity contribution in [3.05, 3.63) is 65.9 Å². The van der Waals surface area contributed by atoms with Gasteiger partial charge in [-0.25, -0.2) is 0 Å². The Morgan fingerprint density at radius 1 is 1.05 bits per heavy atom. The maximum atomic E-state index is 12.8. The van der Waals surface area contributed by atoms with E-state index in [0.29, 0.717) is 16.9 Å². The van der Waals surface area contributed by atoms with E-state index in [1.54, 1.807) is 18.4 Å². The van der Waals surface area contributed by atoms with E-state index < -0.39 is 12.2 Å². The molecule has 4 rings (SSSR count). The SMILES string of the molecule is CO[C@H]1C(=O)c2ccc3occc3c2O[C@H]1c1ccccc1. The number of benzene rings is 2. The lowest BCUT2D eigenvalue weighted by atomic mass is 9.92. The van der Waals surface area contributed by atoms with Crippen molar-refractivity contribution in [2.24, 2.45) is 0 Å². The molecule has 0 aliphatic carbocycles. The number of methoxy groups -OCH3 is 1. The minimum atomic E-state index is -0.653. The lowest BCUT2D eigenvalue weighted by Gasteiger charge is -2.32. The van der Waals surface area contributed by atoms with Crippen LogP contribution in [0.5, 0.6) is 5.75 Å². The second-order valence-electron chi connectivity index (χ2n) is 5.24. The van der Waals surface area contributed by atoms with Gasteiger partial charge in [0.1, 0.15) is 11.3 Å². The molecule has 2 aromatic carbocycles. The fraction of sp³-hybridized carbons (Fsp3) is 0.167. The van der Waals surface area contributed by atoms with E-state index in [1.807, 2.05) is 36.4 Å². The predicted molar refractivity (Wildman–Crippen MR) is 81.2 cm³/mol. The molecule has 2 heterocycles. The number of ether oxygens (including phenoxy) is 2. The van der Waals surface area contributed by atoms with Crippen molar-refractivity contribution in [3.8, 4) is 5.75 Å². The van der Waals surface area contributed by atoms with Crippen molar-refractivity contribution in [1.82, 2.24) is 0 Å². The normalized spacial score (nSPS) is 20.7. The molecule has 0 saturated carbocycles. The molecular weight excluding hydrogens is 280 g/mol. The zero-order chi connectivity index (χ0) is 15.1. The Labute approximate surface area is 127 Å². The van der Waals surface area contributed by atoms with Gasteiger partial charge in [0.15, 0.2) is 18.0 Å². The molecular formula is C18H14O4. The summed E-state index contributed by atoms with van der Waals surface area (Å²) in [4.78, 5) is 12.8. The van der Waals surface area contributed by atoms with E-state index in [1.165, 1.54) is 7.11 Å². The highest BCUT2D eigenvalue weighted by molar-refractivity contribution is 6.07. The Balaban J connectivity index is 1.89. The van der Waals surface area contributed by atoms with Crippen LogP contribution in [0.3, 0.4) is 0 Å². The van der Waals surface area contributed by atoms with Crippen LogP contribution in [0.15, 0.2) is 59.2 Å². The van der Waals surface area contributed by atoms with E-state index in [2.05, 4.69) is 0 Å². The van der Waals surface area contributed by atoms with Crippen molar-refractivity contribution in [1.29, 1.82) is 0 Å². The smallest absolute Gasteiger partial charge is 0.199 e. The number of carbonyl (C=O) groups is 1. The molecule has 0 bridgehead atoms. The van der Waals surface area contributed by atoms with Crippen LogP contribution >= 0.6 is 0 Å². The second kappa shape index (κ2) is 5.00. The van der Waals surface area contributed by atoms with Gasteiger partial charge in [0.05, 0.1) is 17.2 Å². The van der Waals surface area contributed by atoms with Gasteiger partial charge in [0.25, 0.3) is 0 Å². The van der Waals surface area contributed by atoms with Crippen molar-refractivity contribution >= 4 is 16.8 Å². The molecule has 0 amide bonds. The minimum Gasteiger partial charge on any atom is -0.481 e. The standard InChI is InChI=1S/C18H14O4/c1-20-18-15(19)13-7-8-14-12(9-10-21-14)17(13)22-16(18)11-5-3-2-4-6-11/h2-10,16,18H,1H3/t16-,18-/m0/s1. The van der Waals surface area contributed by atoms with E-state index in [-0.39, 0.29) is 5.78 Å². The van der Waals surface area contributed by atoms with Crippen LogP contribution in [0.2, 0.25) is 0 Å². The Kier molecular flexibility index (Phi) is 2.98. The van der Waals surface area contributed by atoms with E-state index >= 15 is 0 Å². The summed E-state index contributed by atoms with van der Waals surface area (Å²) in [6.07, 6.45) is 0.476. The van der Waals surface area contributed by atoms with Gasteiger partial charge < -0.3 is 13.9 Å². The first kappa shape index (κ1) is 13.1. The lowest BCUT2D eigenvalue weighted by Crippen LogP contribution is -2.37. The largest absolute Gasteiger partial charge is 0.481 e. The molecule has 0 unspecified atom stereocenters. The Morgan fingerprint density at radius 3 is 2.64 bits per heavy atom. The molecule has 0 fully saturated rings. The Bertz CT molecular complexity index is 835. The van der Waals surface area contributed by atoms with E-state index in [9.17, 15) is 4.79 Å². The summed E-state index contributed by atoms with van der Waals surface area (Å²) in [5.41, 5.74) is 2.15. The van der Waals surface area contributed by atoms with Gasteiger partial charge in [0, 0.05) is 7.11 Å². The first-order valence-electron chi connectivity index (χ1n) is 7.08. The third-order valence-electron chi connectivity index (χ3n) is 4.01. The average molecular weight is 294 g/mol. The number of carbonyl (C=O) groups excluding carboxylic acids is 1. The number of hydrogen-bond donors (Lipinski definition) is 0. The first-order chi connectivity index (χ1) is 10.8. The summed E-state index contributed by atoms with van der Waals surface area (Å²) < 4.78 is 17.0. The lowest BCUT2D eigenvalue weighted by molar-refractivity contribution is 0.0000676. The molecule has 0 saturated heterocycles. The molecule has 1 aliphatic rings. The summed E-state index contributed by atoms with van der Waals surface area (Å²) in [5.74, 6) is 0.499. The summed E-state index contributed by atoms with van der Waals surface area (Å²) >= 11 is 0. The van der Waals surface area contributed by atoms with Crippen molar-refractivity contribution in [2.75, 3.05) is 7.11 Å². The summed E-state index contributed by atoms with van der Waals surface area (Å²) in [5, 5.41) is 0.807. The maximum Gasteiger partial charge on any atom is 0.199 e. The highest BCUT2D eigenvalue weighted by Crippen LogP contribution is 2.41. The molecule has 4 heteroatoms. The molecule has 110 valence electrons. The Hall–Kier alpha value is -2.59. The van der Waals surface area contributed by atoms with Crippen LogP contribution in [-0.4, -0.2) is 19.0 Å². The third-order valence-corrected chi connectivity index (χ3v) is 4.01. The number of rotatable bonds is 2. The second-order valence-corrected chi connectivity index (χ2v) is 5.24. The predicted octanol–water partition coefficient (Wildman–Crippen LogP) is 3.76. The highest BCUT2D eigenvalue weighted by atomic mass is 16.5. The van der Waals surface area contributed by atoms with Crippen LogP contribution in [-0.2, 0) is 4.74 Å². The summed E-state index contributed by atoms with van der Waals surface area (Å²) in [7, 11) is 1.53. The molecule has 2 atom stereocenters. The Morgan fingerprint density at radius 2 is 1.86 bits per heavy atom. The van der Waals surface area contributed by atoms with Gasteiger partial charge in [-0.3, -0.25) is 4.79 Å². The van der Waals surface area contributed by atoms with Crippen LogP contribution in [0.25, 0.3) is 11.0 Å². The summed E-state index contributed by atoms with van der Waals surface area (Å²) in [6, 6.07) is 15.0. The van der Waals surface area contributed by atoms with Crippen LogP contribution < -0.4 is 4.74 Å². The number of ketones is 1. The number of fused-ring (bicyclic) bond motifs is 3. The monoisotopic (exact) mass is 294 g/mol. The fourth-order valence-electron chi connectivity index (χ4n) is 2.93. The van der Waals surface area contributed by atoms with E-state index in [4.69, 9.17) is 13.9 Å². The van der Waals surface area contributed by atoms with Gasteiger partial charge in [-0.1, -0.05) is 30.3 Å². The van der Waals surface area contributed by atoms with Crippen molar-refractivity contribution in [2.45, 2.75) is 12.2 Å². The van der Waals surface area contributed by atoms with Crippen LogP contribution in [0, 0.1) is 0 Å². The molecule has 1 aliphatic heterocycles. The highest BCUT2D eigenvalue weighted by Gasteiger charge is 2.39. The topological polar surface area (TPSA) is 48.7 Å². The molecule has 1 aromatic heterocycles. The molecule has 3 aromatic rings. The minimum absolute atomic E-state index is 0.0688. The molecule has 0 spiro atoms. The summed E-state index contributed by atoms with van der Waals surface area (Å²) in [6.45, 7) is 0. The van der Waals surface area contributed by atoms with Gasteiger partial charge in [-0.2, -0.15) is 0 Å². The van der Waals surface area contributed by atoms with Crippen molar-refractivity contribution in [3.63, 3.8) is 0 Å². The zero-order valence-corrected chi connectivity index (χ0v) is 12.0. The number of furan rings is 1. The van der Waals surface area contributed by atoms with Crippen LogP contribution in [0.4, 0.5) is 0 Å². The first-order valence-corrected chi connectivity index (χ1v) is 7.08. The van der Waals surface area contributed by atoms with Gasteiger partial charge in [0.2, 0.25) is 0 Å². The van der Waals surface area contributed by atoms with Crippen LogP contribution in [0.1, 0.15) is 22.0 Å².